The van der Waals surface area contributed by atoms with Crippen molar-refractivity contribution in [2.75, 3.05) is 0 Å². The number of hydrogen-bond donors (Lipinski definition) is 0. The zero-order valence-electron chi connectivity index (χ0n) is 21.6. The molecule has 2 aromatic heterocycles. The van der Waals surface area contributed by atoms with E-state index < -0.39 is 0 Å². The number of nitrogens with zero attached hydrogens (tertiary/aromatic N) is 3. The third-order valence-corrected chi connectivity index (χ3v) is 10.1. The van der Waals surface area contributed by atoms with Crippen LogP contribution in [-0.4, -0.2) is 26.7 Å². The van der Waals surface area contributed by atoms with Gasteiger partial charge in [0.1, 0.15) is 6.10 Å². The van der Waals surface area contributed by atoms with Gasteiger partial charge in [0.25, 0.3) is 0 Å². The lowest BCUT2D eigenvalue weighted by Gasteiger charge is -2.57. The average Bonchev–Trinajstić information content (AvgIpc) is 3.32. The molecule has 0 spiro atoms. The van der Waals surface area contributed by atoms with Crippen LogP contribution in [0.5, 0.6) is 0 Å². The summed E-state index contributed by atoms with van der Waals surface area (Å²) in [6.45, 7) is 13.2. The minimum Gasteiger partial charge on any atom is -0.462 e. The largest absolute Gasteiger partial charge is 0.462 e. The fourth-order valence-electron chi connectivity index (χ4n) is 8.28. The Hall–Kier alpha value is -2.17. The van der Waals surface area contributed by atoms with E-state index >= 15 is 0 Å². The highest BCUT2D eigenvalue weighted by Gasteiger charge is 2.58. The minimum atomic E-state index is -0.145. The first-order valence-electron chi connectivity index (χ1n) is 13.3. The van der Waals surface area contributed by atoms with Crippen molar-refractivity contribution in [3.05, 3.63) is 40.9 Å². The molecule has 0 aromatic carbocycles. The van der Waals surface area contributed by atoms with Gasteiger partial charge in [-0.15, -0.1) is 0 Å². The second-order valence-corrected chi connectivity index (χ2v) is 13.1. The van der Waals surface area contributed by atoms with Gasteiger partial charge < -0.3 is 4.74 Å². The molecule has 182 valence electrons. The predicted molar refractivity (Wildman–Crippen MR) is 133 cm³/mol. The number of fused-ring (bicyclic) bond motifs is 9. The maximum absolute atomic E-state index is 11.5. The molecule has 2 aromatic rings. The predicted octanol–water partition coefficient (Wildman–Crippen LogP) is 5.94. The lowest BCUT2D eigenvalue weighted by Crippen LogP contribution is -2.51. The standard InChI is InChI=1S/C29H39N3O2/c1-17(33)34-20-9-11-28(5)19(14-20)7-8-21-22(28)10-12-29(6)23(21)13-18-16-30-25-15-24(27(2,3)4)31-32(25)26(18)29/h7,15-16,20-23H,8-14H2,1-6H3/t20-,21+,22-,23-,28-,29-/m0/s1. The van der Waals surface area contributed by atoms with Crippen molar-refractivity contribution in [1.82, 2.24) is 14.6 Å². The number of carbonyl (C=O) groups is 1. The smallest absolute Gasteiger partial charge is 0.302 e. The molecule has 6 atom stereocenters. The molecule has 0 N–H and O–H groups in total. The van der Waals surface area contributed by atoms with Gasteiger partial charge in [-0.05, 0) is 67.3 Å². The highest BCUT2D eigenvalue weighted by atomic mass is 16.5. The molecule has 0 aliphatic heterocycles. The second-order valence-electron chi connectivity index (χ2n) is 13.1. The molecule has 2 fully saturated rings. The molecule has 4 aliphatic carbocycles. The van der Waals surface area contributed by atoms with Crippen LogP contribution in [-0.2, 0) is 26.8 Å². The van der Waals surface area contributed by atoms with Gasteiger partial charge in [-0.25, -0.2) is 9.50 Å². The molecule has 5 heteroatoms. The maximum atomic E-state index is 11.5. The summed E-state index contributed by atoms with van der Waals surface area (Å²) in [5.74, 6) is 1.90. The summed E-state index contributed by atoms with van der Waals surface area (Å²) < 4.78 is 7.82. The van der Waals surface area contributed by atoms with Crippen molar-refractivity contribution in [3.63, 3.8) is 0 Å². The molecule has 0 unspecified atom stereocenters. The molecule has 0 bridgehead atoms. The Morgan fingerprint density at radius 3 is 2.62 bits per heavy atom. The molecular weight excluding hydrogens is 422 g/mol. The number of hydrogen-bond acceptors (Lipinski definition) is 4. The highest BCUT2D eigenvalue weighted by Crippen LogP contribution is 2.64. The van der Waals surface area contributed by atoms with Crippen LogP contribution in [0.3, 0.4) is 0 Å². The Balaban J connectivity index is 1.36. The summed E-state index contributed by atoms with van der Waals surface area (Å²) in [6, 6.07) is 2.18. The first-order chi connectivity index (χ1) is 16.0. The molecule has 6 rings (SSSR count). The van der Waals surface area contributed by atoms with Crippen LogP contribution in [0.25, 0.3) is 5.65 Å². The Morgan fingerprint density at radius 1 is 1.12 bits per heavy atom. The Bertz CT molecular complexity index is 1200. The van der Waals surface area contributed by atoms with E-state index in [1.54, 1.807) is 5.57 Å². The number of esters is 1. The Labute approximate surface area is 203 Å². The third kappa shape index (κ3) is 3.07. The van der Waals surface area contributed by atoms with Gasteiger partial charge in [0.05, 0.1) is 11.4 Å². The molecule has 2 heterocycles. The first-order valence-corrected chi connectivity index (χ1v) is 13.3. The molecule has 0 radical (unpaired) electrons. The Morgan fingerprint density at radius 2 is 1.88 bits per heavy atom. The van der Waals surface area contributed by atoms with Crippen LogP contribution in [0.4, 0.5) is 0 Å². The monoisotopic (exact) mass is 461 g/mol. The number of ether oxygens (including phenoxy) is 1. The van der Waals surface area contributed by atoms with Crippen LogP contribution in [0.2, 0.25) is 0 Å². The summed E-state index contributed by atoms with van der Waals surface area (Å²) in [5.41, 5.74) is 6.91. The first kappa shape index (κ1) is 22.3. The molecule has 2 saturated carbocycles. The fourth-order valence-corrected chi connectivity index (χ4v) is 8.28. The van der Waals surface area contributed by atoms with Crippen molar-refractivity contribution >= 4 is 11.6 Å². The van der Waals surface area contributed by atoms with E-state index in [0.717, 1.165) is 43.4 Å². The van der Waals surface area contributed by atoms with E-state index in [1.807, 2.05) is 0 Å². The van der Waals surface area contributed by atoms with Gasteiger partial charge in [-0.1, -0.05) is 46.3 Å². The van der Waals surface area contributed by atoms with Crippen LogP contribution in [0.1, 0.15) is 97.0 Å². The van der Waals surface area contributed by atoms with Crippen molar-refractivity contribution in [1.29, 1.82) is 0 Å². The molecular formula is C29H39N3O2. The second kappa shape index (κ2) is 7.18. The summed E-state index contributed by atoms with van der Waals surface area (Å²) in [5, 5.41) is 5.11. The average molecular weight is 462 g/mol. The van der Waals surface area contributed by atoms with E-state index in [0.29, 0.717) is 17.8 Å². The van der Waals surface area contributed by atoms with Crippen molar-refractivity contribution < 1.29 is 9.53 Å². The van der Waals surface area contributed by atoms with Crippen LogP contribution in [0, 0.1) is 23.2 Å². The van der Waals surface area contributed by atoms with E-state index in [2.05, 4.69) is 57.5 Å². The third-order valence-electron chi connectivity index (χ3n) is 10.1. The molecule has 4 aliphatic rings. The zero-order chi connectivity index (χ0) is 24.0. The SMILES string of the molecule is CC(=O)O[C@H]1CC[C@@]2(C)C(=CC[C@@H]3[C@@H]2CC[C@]2(C)c4c(cnc5cc(C(C)(C)C)nn45)C[C@@H]32)C1. The number of carbonyl (C=O) groups excluding carboxylic acids is 1. The van der Waals surface area contributed by atoms with E-state index in [-0.39, 0.29) is 28.3 Å². The van der Waals surface area contributed by atoms with Crippen molar-refractivity contribution in [2.24, 2.45) is 23.2 Å². The minimum absolute atomic E-state index is 0.0151. The van der Waals surface area contributed by atoms with Gasteiger partial charge in [0.2, 0.25) is 0 Å². The van der Waals surface area contributed by atoms with Gasteiger partial charge in [-0.2, -0.15) is 5.10 Å². The van der Waals surface area contributed by atoms with Crippen molar-refractivity contribution in [2.45, 2.75) is 103 Å². The quantitative estimate of drug-likeness (QED) is 0.390. The number of allylic oxidation sites excluding steroid dienone is 1. The van der Waals surface area contributed by atoms with Gasteiger partial charge in [-0.3, -0.25) is 4.79 Å². The lowest BCUT2D eigenvalue weighted by atomic mass is 9.48. The van der Waals surface area contributed by atoms with Crippen LogP contribution < -0.4 is 0 Å². The van der Waals surface area contributed by atoms with Crippen LogP contribution in [0.15, 0.2) is 23.9 Å². The van der Waals surface area contributed by atoms with Gasteiger partial charge >= 0.3 is 5.97 Å². The lowest BCUT2D eigenvalue weighted by molar-refractivity contribution is -0.148. The summed E-state index contributed by atoms with van der Waals surface area (Å²) in [4.78, 5) is 16.4. The van der Waals surface area contributed by atoms with E-state index in [4.69, 9.17) is 14.8 Å². The van der Waals surface area contributed by atoms with Crippen LogP contribution >= 0.6 is 0 Å². The van der Waals surface area contributed by atoms with E-state index in [1.165, 1.54) is 31.0 Å². The fraction of sp³-hybridized carbons (Fsp3) is 0.690. The maximum Gasteiger partial charge on any atom is 0.302 e. The van der Waals surface area contributed by atoms with E-state index in [9.17, 15) is 4.79 Å². The Kier molecular flexibility index (Phi) is 4.71. The summed E-state index contributed by atoms with van der Waals surface area (Å²) >= 11 is 0. The topological polar surface area (TPSA) is 56.5 Å². The number of aromatic nitrogens is 3. The summed E-state index contributed by atoms with van der Waals surface area (Å²) in [6.07, 6.45) is 12.5. The molecule has 0 amide bonds. The van der Waals surface area contributed by atoms with Gasteiger partial charge in [0.15, 0.2) is 5.65 Å². The normalized spacial score (nSPS) is 36.8. The van der Waals surface area contributed by atoms with Gasteiger partial charge in [0, 0.05) is 36.4 Å². The molecule has 5 nitrogen and oxygen atoms in total. The summed E-state index contributed by atoms with van der Waals surface area (Å²) in [7, 11) is 0. The molecule has 0 saturated heterocycles. The zero-order valence-corrected chi connectivity index (χ0v) is 21.6. The van der Waals surface area contributed by atoms with Crippen molar-refractivity contribution in [3.8, 4) is 0 Å². The highest BCUT2D eigenvalue weighted by molar-refractivity contribution is 5.66. The molecule has 34 heavy (non-hydrogen) atoms. The number of rotatable bonds is 1.